The van der Waals surface area contributed by atoms with Crippen LogP contribution in [0.3, 0.4) is 0 Å². The van der Waals surface area contributed by atoms with Crippen molar-refractivity contribution in [1.29, 1.82) is 0 Å². The lowest BCUT2D eigenvalue weighted by Crippen LogP contribution is -2.12. The third kappa shape index (κ3) is 4.53. The van der Waals surface area contributed by atoms with Crippen LogP contribution >= 0.6 is 11.6 Å². The van der Waals surface area contributed by atoms with E-state index in [1.807, 2.05) is 19.9 Å². The van der Waals surface area contributed by atoms with Crippen LogP contribution in [-0.2, 0) is 0 Å². The Hall–Kier alpha value is -1.95. The molecule has 0 aliphatic rings. The number of anilines is 2. The predicted octanol–water partition coefficient (Wildman–Crippen LogP) is 3.66. The SMILES string of the molecule is CCCNc1nc(Cl)nc(NC(C)c2cccc(F)c2)n1. The first kappa shape index (κ1) is 15.4. The molecule has 7 heteroatoms. The Morgan fingerprint density at radius 1 is 1.24 bits per heavy atom. The van der Waals surface area contributed by atoms with Gasteiger partial charge in [-0.25, -0.2) is 4.39 Å². The Kier molecular flexibility index (Phi) is 5.27. The molecular weight excluding hydrogens is 293 g/mol. The van der Waals surface area contributed by atoms with Gasteiger partial charge in [0.15, 0.2) is 0 Å². The van der Waals surface area contributed by atoms with Gasteiger partial charge >= 0.3 is 0 Å². The first-order valence-electron chi connectivity index (χ1n) is 6.76. The van der Waals surface area contributed by atoms with Crippen molar-refractivity contribution in [2.45, 2.75) is 26.3 Å². The van der Waals surface area contributed by atoms with E-state index in [0.717, 1.165) is 18.5 Å². The molecule has 0 spiro atoms. The summed E-state index contributed by atoms with van der Waals surface area (Å²) in [5.41, 5.74) is 0.801. The van der Waals surface area contributed by atoms with Gasteiger partial charge in [-0.3, -0.25) is 0 Å². The maximum Gasteiger partial charge on any atom is 0.229 e. The highest BCUT2D eigenvalue weighted by Crippen LogP contribution is 2.19. The third-order valence-corrected chi connectivity index (χ3v) is 3.00. The van der Waals surface area contributed by atoms with Gasteiger partial charge in [0.2, 0.25) is 17.2 Å². The molecule has 0 aliphatic carbocycles. The third-order valence-electron chi connectivity index (χ3n) is 2.84. The Morgan fingerprint density at radius 2 is 2.00 bits per heavy atom. The van der Waals surface area contributed by atoms with Gasteiger partial charge in [0.25, 0.3) is 0 Å². The van der Waals surface area contributed by atoms with Crippen LogP contribution in [0.15, 0.2) is 24.3 Å². The molecule has 0 bridgehead atoms. The monoisotopic (exact) mass is 309 g/mol. The van der Waals surface area contributed by atoms with E-state index < -0.39 is 0 Å². The summed E-state index contributed by atoms with van der Waals surface area (Å²) in [4.78, 5) is 12.3. The van der Waals surface area contributed by atoms with Gasteiger partial charge < -0.3 is 10.6 Å². The number of hydrogen-bond donors (Lipinski definition) is 2. The molecule has 0 amide bonds. The summed E-state index contributed by atoms with van der Waals surface area (Å²) < 4.78 is 13.2. The lowest BCUT2D eigenvalue weighted by Gasteiger charge is -2.15. The second-order valence-electron chi connectivity index (χ2n) is 4.60. The lowest BCUT2D eigenvalue weighted by atomic mass is 10.1. The molecule has 1 heterocycles. The summed E-state index contributed by atoms with van der Waals surface area (Å²) in [6.45, 7) is 4.69. The van der Waals surface area contributed by atoms with Crippen LogP contribution in [0.1, 0.15) is 31.9 Å². The van der Waals surface area contributed by atoms with E-state index in [0.29, 0.717) is 11.9 Å². The molecule has 0 aliphatic heterocycles. The van der Waals surface area contributed by atoms with Crippen LogP contribution in [0, 0.1) is 5.82 Å². The molecule has 1 aromatic heterocycles. The van der Waals surface area contributed by atoms with E-state index in [-0.39, 0.29) is 17.1 Å². The molecule has 0 fully saturated rings. The minimum Gasteiger partial charge on any atom is -0.354 e. The first-order chi connectivity index (χ1) is 10.1. The van der Waals surface area contributed by atoms with Crippen molar-refractivity contribution < 1.29 is 4.39 Å². The average Bonchev–Trinajstić information content (AvgIpc) is 2.44. The van der Waals surface area contributed by atoms with Gasteiger partial charge in [-0.2, -0.15) is 15.0 Å². The fraction of sp³-hybridized carbons (Fsp3) is 0.357. The number of halogens is 2. The Bertz CT molecular complexity index is 608. The van der Waals surface area contributed by atoms with Crippen LogP contribution in [0.25, 0.3) is 0 Å². The quantitative estimate of drug-likeness (QED) is 0.852. The van der Waals surface area contributed by atoms with Gasteiger partial charge in [0.1, 0.15) is 5.82 Å². The zero-order chi connectivity index (χ0) is 15.2. The lowest BCUT2D eigenvalue weighted by molar-refractivity contribution is 0.623. The zero-order valence-corrected chi connectivity index (χ0v) is 12.7. The van der Waals surface area contributed by atoms with Gasteiger partial charge in [-0.05, 0) is 42.6 Å². The summed E-state index contributed by atoms with van der Waals surface area (Å²) in [6, 6.07) is 6.22. The van der Waals surface area contributed by atoms with E-state index in [9.17, 15) is 4.39 Å². The minimum absolute atomic E-state index is 0.109. The first-order valence-corrected chi connectivity index (χ1v) is 7.13. The van der Waals surface area contributed by atoms with Crippen molar-refractivity contribution >= 4 is 23.5 Å². The van der Waals surface area contributed by atoms with Crippen molar-refractivity contribution in [3.63, 3.8) is 0 Å². The maximum atomic E-state index is 13.2. The second-order valence-corrected chi connectivity index (χ2v) is 4.94. The molecular formula is C14H17ClFN5. The van der Waals surface area contributed by atoms with E-state index >= 15 is 0 Å². The smallest absolute Gasteiger partial charge is 0.229 e. The van der Waals surface area contributed by atoms with Crippen LogP contribution < -0.4 is 10.6 Å². The highest BCUT2D eigenvalue weighted by atomic mass is 35.5. The molecule has 112 valence electrons. The highest BCUT2D eigenvalue weighted by Gasteiger charge is 2.10. The fourth-order valence-electron chi connectivity index (χ4n) is 1.78. The van der Waals surface area contributed by atoms with Crippen LogP contribution in [0.5, 0.6) is 0 Å². The molecule has 1 aromatic carbocycles. The average molecular weight is 310 g/mol. The molecule has 0 saturated carbocycles. The predicted molar refractivity (Wildman–Crippen MR) is 82.1 cm³/mol. The summed E-state index contributed by atoms with van der Waals surface area (Å²) >= 11 is 5.88. The van der Waals surface area contributed by atoms with Crippen LogP contribution in [-0.4, -0.2) is 21.5 Å². The maximum absolute atomic E-state index is 13.2. The normalized spacial score (nSPS) is 12.0. The zero-order valence-electron chi connectivity index (χ0n) is 11.9. The number of nitrogens with one attached hydrogen (secondary N) is 2. The largest absolute Gasteiger partial charge is 0.354 e. The Morgan fingerprint density at radius 3 is 2.71 bits per heavy atom. The van der Waals surface area contributed by atoms with Crippen molar-refractivity contribution in [3.8, 4) is 0 Å². The summed E-state index contributed by atoms with van der Waals surface area (Å²) in [7, 11) is 0. The number of nitrogens with zero attached hydrogens (tertiary/aromatic N) is 3. The van der Waals surface area contributed by atoms with E-state index in [1.54, 1.807) is 6.07 Å². The molecule has 21 heavy (non-hydrogen) atoms. The topological polar surface area (TPSA) is 62.7 Å². The minimum atomic E-state index is -0.278. The van der Waals surface area contributed by atoms with Gasteiger partial charge in [0.05, 0.1) is 6.04 Å². The van der Waals surface area contributed by atoms with Crippen molar-refractivity contribution in [2.75, 3.05) is 17.2 Å². The van der Waals surface area contributed by atoms with E-state index in [1.165, 1.54) is 12.1 Å². The fourth-order valence-corrected chi connectivity index (χ4v) is 1.94. The summed E-state index contributed by atoms with van der Waals surface area (Å²) in [5.74, 6) is 0.497. The second kappa shape index (κ2) is 7.17. The summed E-state index contributed by atoms with van der Waals surface area (Å²) in [6.07, 6.45) is 0.950. The molecule has 0 saturated heterocycles. The standard InChI is InChI=1S/C14H17ClFN5/c1-3-7-17-13-19-12(15)20-14(21-13)18-9(2)10-5-4-6-11(16)8-10/h4-6,8-9H,3,7H2,1-2H3,(H2,17,18,19,20,21). The number of aromatic nitrogens is 3. The Balaban J connectivity index is 2.13. The van der Waals surface area contributed by atoms with Gasteiger partial charge in [-0.1, -0.05) is 19.1 Å². The number of benzene rings is 1. The van der Waals surface area contributed by atoms with Gasteiger partial charge in [0, 0.05) is 6.54 Å². The van der Waals surface area contributed by atoms with Crippen molar-refractivity contribution in [3.05, 3.63) is 40.9 Å². The number of hydrogen-bond acceptors (Lipinski definition) is 5. The van der Waals surface area contributed by atoms with E-state index in [4.69, 9.17) is 11.6 Å². The number of rotatable bonds is 6. The molecule has 2 aromatic rings. The van der Waals surface area contributed by atoms with Crippen molar-refractivity contribution in [2.24, 2.45) is 0 Å². The molecule has 2 rings (SSSR count). The van der Waals surface area contributed by atoms with Crippen LogP contribution in [0.4, 0.5) is 16.3 Å². The highest BCUT2D eigenvalue weighted by molar-refractivity contribution is 6.28. The van der Waals surface area contributed by atoms with Crippen molar-refractivity contribution in [1.82, 2.24) is 15.0 Å². The van der Waals surface area contributed by atoms with Crippen LogP contribution in [0.2, 0.25) is 5.28 Å². The summed E-state index contributed by atoms with van der Waals surface area (Å²) in [5, 5.41) is 6.25. The Labute approximate surface area is 128 Å². The molecule has 1 unspecified atom stereocenters. The molecule has 5 nitrogen and oxygen atoms in total. The van der Waals surface area contributed by atoms with Gasteiger partial charge in [-0.15, -0.1) is 0 Å². The molecule has 1 atom stereocenters. The van der Waals surface area contributed by atoms with E-state index in [2.05, 4.69) is 25.6 Å². The molecule has 2 N–H and O–H groups in total. The molecule has 0 radical (unpaired) electrons.